The summed E-state index contributed by atoms with van der Waals surface area (Å²) in [5.41, 5.74) is 0.803. The van der Waals surface area contributed by atoms with Crippen LogP contribution in [0.3, 0.4) is 0 Å². The Morgan fingerprint density at radius 3 is 2.21 bits per heavy atom. The molecule has 1 fully saturated rings. The molecule has 1 amide bonds. The van der Waals surface area contributed by atoms with Crippen molar-refractivity contribution >= 4 is 69.4 Å². The van der Waals surface area contributed by atoms with Crippen molar-refractivity contribution in [2.75, 3.05) is 42.9 Å². The van der Waals surface area contributed by atoms with Gasteiger partial charge in [0, 0.05) is 42.3 Å². The highest BCUT2D eigenvalue weighted by atomic mass is 35.5. The third-order valence-corrected chi connectivity index (χ3v) is 5.54. The summed E-state index contributed by atoms with van der Waals surface area (Å²) in [6.07, 6.45) is 0. The van der Waals surface area contributed by atoms with Crippen molar-refractivity contribution in [3.8, 4) is 0 Å². The predicted molar refractivity (Wildman–Crippen MR) is 117 cm³/mol. The van der Waals surface area contributed by atoms with Crippen molar-refractivity contribution in [1.82, 2.24) is 4.90 Å². The summed E-state index contributed by atoms with van der Waals surface area (Å²) in [6.45, 7) is 2.35. The fraction of sp³-hybridized carbons (Fsp3) is 0.278. The van der Waals surface area contributed by atoms with Crippen LogP contribution in [0.25, 0.3) is 0 Å². The summed E-state index contributed by atoms with van der Waals surface area (Å²) >= 11 is 23.9. The van der Waals surface area contributed by atoms with Crippen molar-refractivity contribution in [1.29, 1.82) is 0 Å². The van der Waals surface area contributed by atoms with Crippen molar-refractivity contribution < 1.29 is 9.72 Å². The maximum atomic E-state index is 12.4. The molecule has 0 saturated carbocycles. The Bertz CT molecular complexity index is 926. The number of amides is 1. The Labute approximate surface area is 187 Å². The van der Waals surface area contributed by atoms with E-state index in [0.29, 0.717) is 47.6 Å². The summed E-state index contributed by atoms with van der Waals surface area (Å²) in [5, 5.41) is 15.2. The van der Waals surface area contributed by atoms with Gasteiger partial charge in [-0.15, -0.1) is 0 Å². The van der Waals surface area contributed by atoms with Gasteiger partial charge in [0.05, 0.1) is 27.2 Å². The maximum Gasteiger partial charge on any atom is 0.294 e. The molecule has 0 unspecified atom stereocenters. The first kappa shape index (κ1) is 21.9. The lowest BCUT2D eigenvalue weighted by Crippen LogP contribution is -2.48. The number of nitrogens with one attached hydrogen (secondary N) is 1. The minimum atomic E-state index is -0.444. The lowest BCUT2D eigenvalue weighted by atomic mass is 10.2. The fourth-order valence-electron chi connectivity index (χ4n) is 3.10. The van der Waals surface area contributed by atoms with E-state index < -0.39 is 4.92 Å². The normalized spacial score (nSPS) is 14.7. The van der Waals surface area contributed by atoms with Gasteiger partial charge in [0.2, 0.25) is 5.91 Å². The molecule has 1 saturated heterocycles. The fourth-order valence-corrected chi connectivity index (χ4v) is 4.18. The topological polar surface area (TPSA) is 78.7 Å². The third kappa shape index (κ3) is 5.43. The van der Waals surface area contributed by atoms with Crippen LogP contribution < -0.4 is 10.2 Å². The molecule has 154 valence electrons. The van der Waals surface area contributed by atoms with Gasteiger partial charge in [-0.3, -0.25) is 19.8 Å². The van der Waals surface area contributed by atoms with E-state index in [1.807, 2.05) is 9.80 Å². The Morgan fingerprint density at radius 1 is 1.00 bits per heavy atom. The molecule has 0 aromatic heterocycles. The van der Waals surface area contributed by atoms with Gasteiger partial charge in [0.15, 0.2) is 0 Å². The van der Waals surface area contributed by atoms with E-state index in [0.717, 1.165) is 0 Å². The zero-order chi connectivity index (χ0) is 21.1. The molecule has 0 radical (unpaired) electrons. The number of halogens is 4. The zero-order valence-electron chi connectivity index (χ0n) is 15.0. The number of anilines is 2. The highest BCUT2D eigenvalue weighted by Gasteiger charge is 2.25. The van der Waals surface area contributed by atoms with Crippen molar-refractivity contribution in [3.63, 3.8) is 0 Å². The summed E-state index contributed by atoms with van der Waals surface area (Å²) in [4.78, 5) is 27.1. The van der Waals surface area contributed by atoms with Crippen LogP contribution in [-0.2, 0) is 4.79 Å². The Balaban J connectivity index is 1.59. The lowest BCUT2D eigenvalue weighted by molar-refractivity contribution is -0.384. The van der Waals surface area contributed by atoms with Crippen LogP contribution in [0.5, 0.6) is 0 Å². The van der Waals surface area contributed by atoms with Crippen LogP contribution in [0.1, 0.15) is 0 Å². The number of benzene rings is 2. The quantitative estimate of drug-likeness (QED) is 0.485. The first-order valence-electron chi connectivity index (χ1n) is 8.60. The van der Waals surface area contributed by atoms with Gasteiger partial charge in [-0.1, -0.05) is 46.4 Å². The molecule has 0 atom stereocenters. The van der Waals surface area contributed by atoms with Crippen molar-refractivity contribution in [3.05, 3.63) is 60.5 Å². The molecule has 1 aliphatic rings. The number of hydrogen-bond acceptors (Lipinski definition) is 5. The average Bonchev–Trinajstić information content (AvgIpc) is 2.65. The molecule has 0 bridgehead atoms. The smallest absolute Gasteiger partial charge is 0.294 e. The summed E-state index contributed by atoms with van der Waals surface area (Å²) in [5.74, 6) is -0.262. The number of nitro groups is 1. The maximum absolute atomic E-state index is 12.4. The minimum absolute atomic E-state index is 0.0317. The van der Waals surface area contributed by atoms with E-state index in [1.165, 1.54) is 18.2 Å². The van der Waals surface area contributed by atoms with Crippen LogP contribution in [0, 0.1) is 10.1 Å². The molecule has 7 nitrogen and oxygen atoms in total. The van der Waals surface area contributed by atoms with Gasteiger partial charge in [-0.05, 0) is 24.3 Å². The highest BCUT2D eigenvalue weighted by molar-refractivity contribution is 6.42. The van der Waals surface area contributed by atoms with E-state index in [1.54, 1.807) is 12.1 Å². The minimum Gasteiger partial charge on any atom is -0.363 e. The van der Waals surface area contributed by atoms with Crippen molar-refractivity contribution in [2.45, 2.75) is 0 Å². The largest absolute Gasteiger partial charge is 0.363 e. The number of nitrogens with zero attached hydrogens (tertiary/aromatic N) is 3. The number of piperazine rings is 1. The highest BCUT2D eigenvalue weighted by Crippen LogP contribution is 2.34. The van der Waals surface area contributed by atoms with Crippen LogP contribution in [0.2, 0.25) is 20.1 Å². The molecule has 0 aliphatic carbocycles. The van der Waals surface area contributed by atoms with Gasteiger partial charge in [-0.25, -0.2) is 0 Å². The average molecular weight is 478 g/mol. The van der Waals surface area contributed by atoms with E-state index in [4.69, 9.17) is 46.4 Å². The third-order valence-electron chi connectivity index (χ3n) is 4.49. The van der Waals surface area contributed by atoms with E-state index in [9.17, 15) is 14.9 Å². The molecule has 1 heterocycles. The molecule has 29 heavy (non-hydrogen) atoms. The second-order valence-electron chi connectivity index (χ2n) is 6.45. The molecule has 1 aliphatic heterocycles. The van der Waals surface area contributed by atoms with Crippen LogP contribution in [0.15, 0.2) is 30.3 Å². The summed E-state index contributed by atoms with van der Waals surface area (Å²) in [7, 11) is 0. The second kappa shape index (κ2) is 9.36. The van der Waals surface area contributed by atoms with Crippen LogP contribution >= 0.6 is 46.4 Å². The lowest BCUT2D eigenvalue weighted by Gasteiger charge is -2.35. The van der Waals surface area contributed by atoms with E-state index in [2.05, 4.69) is 5.32 Å². The number of carbonyl (C=O) groups excluding carboxylic acids is 1. The second-order valence-corrected chi connectivity index (χ2v) is 8.13. The molecular weight excluding hydrogens is 462 g/mol. The molecular formula is C18H16Cl4N4O3. The standard InChI is InChI=1S/C18H16Cl4N4O3/c19-11-1-2-15(16(9-11)26(28)29)25-5-3-24(4-6-25)10-17(27)23-18-13(21)7-12(20)8-14(18)22/h1-2,7-9H,3-6,10H2,(H,23,27). The number of carbonyl (C=O) groups is 1. The van der Waals surface area contributed by atoms with Gasteiger partial charge in [0.1, 0.15) is 5.69 Å². The Kier molecular flexibility index (Phi) is 7.08. The zero-order valence-corrected chi connectivity index (χ0v) is 18.0. The van der Waals surface area contributed by atoms with Gasteiger partial charge in [0.25, 0.3) is 5.69 Å². The van der Waals surface area contributed by atoms with Crippen LogP contribution in [0.4, 0.5) is 17.1 Å². The van der Waals surface area contributed by atoms with E-state index in [-0.39, 0.29) is 28.2 Å². The Hall–Kier alpha value is -1.77. The SMILES string of the molecule is O=C(CN1CCN(c2ccc(Cl)cc2[N+](=O)[O-])CC1)Nc1c(Cl)cc(Cl)cc1Cl. The summed E-state index contributed by atoms with van der Waals surface area (Å²) in [6, 6.07) is 7.62. The summed E-state index contributed by atoms with van der Waals surface area (Å²) < 4.78 is 0. The van der Waals surface area contributed by atoms with E-state index >= 15 is 0 Å². The van der Waals surface area contributed by atoms with Crippen molar-refractivity contribution in [2.24, 2.45) is 0 Å². The number of hydrogen-bond donors (Lipinski definition) is 1. The van der Waals surface area contributed by atoms with Gasteiger partial charge < -0.3 is 10.2 Å². The molecule has 3 rings (SSSR count). The molecule has 2 aromatic carbocycles. The van der Waals surface area contributed by atoms with Gasteiger partial charge >= 0.3 is 0 Å². The number of nitro benzene ring substituents is 1. The monoisotopic (exact) mass is 476 g/mol. The molecule has 2 aromatic rings. The molecule has 1 N–H and O–H groups in total. The molecule has 0 spiro atoms. The first-order valence-corrected chi connectivity index (χ1v) is 10.1. The first-order chi connectivity index (χ1) is 13.7. The molecule has 11 heteroatoms. The number of rotatable bonds is 5. The Morgan fingerprint density at radius 2 is 1.62 bits per heavy atom. The van der Waals surface area contributed by atoms with Gasteiger partial charge in [-0.2, -0.15) is 0 Å². The van der Waals surface area contributed by atoms with Crippen LogP contribution in [-0.4, -0.2) is 48.5 Å². The predicted octanol–water partition coefficient (Wildman–Crippen LogP) is 4.97.